The lowest BCUT2D eigenvalue weighted by molar-refractivity contribution is -0.137. The van der Waals surface area contributed by atoms with E-state index in [1.807, 2.05) is 24.3 Å². The minimum Gasteiger partial charge on any atom is -0.477 e. The molecule has 1 aromatic carbocycles. The van der Waals surface area contributed by atoms with Gasteiger partial charge in [0, 0.05) is 5.39 Å². The lowest BCUT2D eigenvalue weighted by atomic mass is 10.1. The Kier molecular flexibility index (Phi) is 4.01. The number of esters is 1. The Bertz CT molecular complexity index is 642. The number of methoxy groups -OCH3 is 1. The molecule has 2 rings (SSSR count). The molecule has 0 bridgehead atoms. The van der Waals surface area contributed by atoms with Crippen molar-refractivity contribution in [1.29, 1.82) is 0 Å². The normalized spacial score (nSPS) is 10.4. The second-order valence-electron chi connectivity index (χ2n) is 3.70. The van der Waals surface area contributed by atoms with E-state index in [4.69, 9.17) is 5.11 Å². The van der Waals surface area contributed by atoms with Crippen LogP contribution in [0.2, 0.25) is 0 Å². The number of aromatic carboxylic acids is 1. The van der Waals surface area contributed by atoms with E-state index in [2.05, 4.69) is 9.72 Å². The fraction of sp³-hybridized carbons (Fsp3) is 0.154. The summed E-state index contributed by atoms with van der Waals surface area (Å²) >= 11 is 1.17. The predicted molar refractivity (Wildman–Crippen MR) is 71.4 cm³/mol. The molecule has 0 saturated heterocycles. The van der Waals surface area contributed by atoms with E-state index in [-0.39, 0.29) is 17.4 Å². The Labute approximate surface area is 113 Å². The van der Waals surface area contributed by atoms with Crippen molar-refractivity contribution in [2.24, 2.45) is 0 Å². The topological polar surface area (TPSA) is 76.5 Å². The summed E-state index contributed by atoms with van der Waals surface area (Å²) in [6, 6.07) is 8.83. The third kappa shape index (κ3) is 3.03. The molecule has 2 aromatic rings. The van der Waals surface area contributed by atoms with Crippen molar-refractivity contribution in [3.05, 3.63) is 36.0 Å². The van der Waals surface area contributed by atoms with Crippen LogP contribution < -0.4 is 0 Å². The van der Waals surface area contributed by atoms with E-state index >= 15 is 0 Å². The van der Waals surface area contributed by atoms with Crippen LogP contribution in [0.25, 0.3) is 10.8 Å². The van der Waals surface area contributed by atoms with Gasteiger partial charge in [0.15, 0.2) is 0 Å². The summed E-state index contributed by atoms with van der Waals surface area (Å²) in [4.78, 5) is 26.2. The maximum Gasteiger partial charge on any atom is 0.354 e. The van der Waals surface area contributed by atoms with E-state index in [0.717, 1.165) is 10.8 Å². The van der Waals surface area contributed by atoms with Gasteiger partial charge in [0.1, 0.15) is 10.7 Å². The standard InChI is InChI=1S/C13H11NO4S/c1-18-11(15)7-19-12-9-5-3-2-4-8(9)6-10(14-12)13(16)17/h2-6H,7H2,1H3,(H,16,17). The average Bonchev–Trinajstić information content (AvgIpc) is 2.43. The number of pyridine rings is 1. The molecule has 0 saturated carbocycles. The third-order valence-corrected chi connectivity index (χ3v) is 3.44. The van der Waals surface area contributed by atoms with Crippen LogP contribution in [0.1, 0.15) is 10.5 Å². The van der Waals surface area contributed by atoms with Crippen LogP contribution in [0.3, 0.4) is 0 Å². The molecule has 19 heavy (non-hydrogen) atoms. The largest absolute Gasteiger partial charge is 0.477 e. The molecule has 1 N–H and O–H groups in total. The van der Waals surface area contributed by atoms with Crippen molar-refractivity contribution in [2.75, 3.05) is 12.9 Å². The summed E-state index contributed by atoms with van der Waals surface area (Å²) in [6.45, 7) is 0. The molecule has 5 nitrogen and oxygen atoms in total. The smallest absolute Gasteiger partial charge is 0.354 e. The maximum absolute atomic E-state index is 11.2. The number of rotatable bonds is 4. The molecule has 0 amide bonds. The third-order valence-electron chi connectivity index (χ3n) is 2.48. The number of hydrogen-bond donors (Lipinski definition) is 1. The van der Waals surface area contributed by atoms with Crippen molar-refractivity contribution >= 4 is 34.5 Å². The molecular weight excluding hydrogens is 266 g/mol. The quantitative estimate of drug-likeness (QED) is 0.682. The van der Waals surface area contributed by atoms with Crippen molar-refractivity contribution in [2.45, 2.75) is 5.03 Å². The summed E-state index contributed by atoms with van der Waals surface area (Å²) in [7, 11) is 1.31. The van der Waals surface area contributed by atoms with Gasteiger partial charge in [0.05, 0.1) is 12.9 Å². The summed E-state index contributed by atoms with van der Waals surface area (Å²) < 4.78 is 4.56. The molecule has 6 heteroatoms. The first-order chi connectivity index (χ1) is 9.11. The molecule has 1 heterocycles. The van der Waals surface area contributed by atoms with Crippen molar-refractivity contribution in [1.82, 2.24) is 4.98 Å². The number of nitrogens with zero attached hydrogens (tertiary/aromatic N) is 1. The molecular formula is C13H11NO4S. The lowest BCUT2D eigenvalue weighted by Crippen LogP contribution is -2.05. The van der Waals surface area contributed by atoms with Gasteiger partial charge < -0.3 is 9.84 Å². The van der Waals surface area contributed by atoms with Gasteiger partial charge in [-0.2, -0.15) is 0 Å². The van der Waals surface area contributed by atoms with Crippen LogP contribution in [-0.4, -0.2) is 34.9 Å². The van der Waals surface area contributed by atoms with E-state index < -0.39 is 5.97 Å². The molecule has 0 aliphatic carbocycles. The van der Waals surface area contributed by atoms with Crippen LogP contribution in [0, 0.1) is 0 Å². The Hall–Kier alpha value is -2.08. The second-order valence-corrected chi connectivity index (χ2v) is 4.67. The van der Waals surface area contributed by atoms with Crippen LogP contribution in [0.4, 0.5) is 0 Å². The number of fused-ring (bicyclic) bond motifs is 1. The van der Waals surface area contributed by atoms with E-state index in [9.17, 15) is 9.59 Å². The van der Waals surface area contributed by atoms with Crippen molar-refractivity contribution < 1.29 is 19.4 Å². The monoisotopic (exact) mass is 277 g/mol. The molecule has 1 aromatic heterocycles. The van der Waals surface area contributed by atoms with E-state index in [0.29, 0.717) is 5.03 Å². The zero-order chi connectivity index (χ0) is 13.8. The van der Waals surface area contributed by atoms with Crippen LogP contribution in [0.15, 0.2) is 35.4 Å². The first-order valence-electron chi connectivity index (χ1n) is 5.44. The fourth-order valence-electron chi connectivity index (χ4n) is 1.57. The Morgan fingerprint density at radius 3 is 2.79 bits per heavy atom. The molecule has 98 valence electrons. The summed E-state index contributed by atoms with van der Waals surface area (Å²) in [5.74, 6) is -1.38. The summed E-state index contributed by atoms with van der Waals surface area (Å²) in [6.07, 6.45) is 0. The number of carbonyl (C=O) groups is 2. The molecule has 0 atom stereocenters. The minimum atomic E-state index is -1.09. The average molecular weight is 277 g/mol. The van der Waals surface area contributed by atoms with Gasteiger partial charge in [-0.05, 0) is 11.5 Å². The number of carbonyl (C=O) groups excluding carboxylic acids is 1. The number of thioether (sulfide) groups is 1. The summed E-state index contributed by atoms with van der Waals surface area (Å²) in [5.41, 5.74) is -0.0361. The number of ether oxygens (including phenoxy) is 1. The molecule has 0 aliphatic rings. The Morgan fingerprint density at radius 1 is 1.37 bits per heavy atom. The van der Waals surface area contributed by atoms with E-state index in [1.165, 1.54) is 24.9 Å². The van der Waals surface area contributed by atoms with Gasteiger partial charge in [-0.3, -0.25) is 4.79 Å². The number of benzene rings is 1. The highest BCUT2D eigenvalue weighted by Crippen LogP contribution is 2.26. The molecule has 0 aliphatic heterocycles. The van der Waals surface area contributed by atoms with Gasteiger partial charge in [0.25, 0.3) is 0 Å². The molecule has 0 fully saturated rings. The fourth-order valence-corrected chi connectivity index (χ4v) is 2.45. The number of aromatic nitrogens is 1. The van der Waals surface area contributed by atoms with Gasteiger partial charge in [0.2, 0.25) is 0 Å². The maximum atomic E-state index is 11.2. The number of carboxylic acid groups (broad SMARTS) is 1. The van der Waals surface area contributed by atoms with E-state index in [1.54, 1.807) is 0 Å². The highest BCUT2D eigenvalue weighted by atomic mass is 32.2. The van der Waals surface area contributed by atoms with Gasteiger partial charge in [-0.1, -0.05) is 36.0 Å². The zero-order valence-electron chi connectivity index (χ0n) is 10.1. The lowest BCUT2D eigenvalue weighted by Gasteiger charge is -2.06. The minimum absolute atomic E-state index is 0.0361. The zero-order valence-corrected chi connectivity index (χ0v) is 10.9. The van der Waals surface area contributed by atoms with Crippen molar-refractivity contribution in [3.63, 3.8) is 0 Å². The van der Waals surface area contributed by atoms with Crippen LogP contribution >= 0.6 is 11.8 Å². The van der Waals surface area contributed by atoms with Gasteiger partial charge in [-0.25, -0.2) is 9.78 Å². The highest BCUT2D eigenvalue weighted by Gasteiger charge is 2.12. The number of hydrogen-bond acceptors (Lipinski definition) is 5. The Morgan fingerprint density at radius 2 is 2.11 bits per heavy atom. The first kappa shape index (κ1) is 13.4. The van der Waals surface area contributed by atoms with Crippen molar-refractivity contribution in [3.8, 4) is 0 Å². The molecule has 0 spiro atoms. The highest BCUT2D eigenvalue weighted by molar-refractivity contribution is 8.00. The predicted octanol–water partition coefficient (Wildman–Crippen LogP) is 2.20. The second kappa shape index (κ2) is 5.71. The molecule has 0 radical (unpaired) electrons. The van der Waals surface area contributed by atoms with Crippen LogP contribution in [-0.2, 0) is 9.53 Å². The van der Waals surface area contributed by atoms with Crippen LogP contribution in [0.5, 0.6) is 0 Å². The van der Waals surface area contributed by atoms with Gasteiger partial charge >= 0.3 is 11.9 Å². The number of carboxylic acids is 1. The molecule has 0 unspecified atom stereocenters. The van der Waals surface area contributed by atoms with Gasteiger partial charge in [-0.15, -0.1) is 0 Å². The first-order valence-corrected chi connectivity index (χ1v) is 6.43. The summed E-state index contributed by atoms with van der Waals surface area (Å²) in [5, 5.41) is 11.1. The SMILES string of the molecule is COC(=O)CSc1nc(C(=O)O)cc2ccccc12. The Balaban J connectivity index is 2.44.